The van der Waals surface area contributed by atoms with E-state index in [0.717, 1.165) is 17.8 Å². The van der Waals surface area contributed by atoms with Gasteiger partial charge in [0.25, 0.3) is 0 Å². The lowest BCUT2D eigenvalue weighted by molar-refractivity contribution is -0.120. The normalized spacial score (nSPS) is 17.4. The number of hydrogen-bond acceptors (Lipinski definition) is 7. The molecule has 0 N–H and O–H groups in total. The fraction of sp³-hybridized carbons (Fsp3) is 0.400. The molecule has 0 saturated carbocycles. The van der Waals surface area contributed by atoms with Gasteiger partial charge < -0.3 is 19.3 Å². The SMILES string of the molecule is Cc1nc2c(N3CCN(C)CC3=O)cc(N3CCOCC3)cn2c(=O)c1OCc1ccccc1. The van der Waals surface area contributed by atoms with E-state index >= 15 is 0 Å². The Morgan fingerprint density at radius 3 is 2.56 bits per heavy atom. The van der Waals surface area contributed by atoms with Crippen molar-refractivity contribution >= 4 is 22.9 Å². The molecule has 34 heavy (non-hydrogen) atoms. The highest BCUT2D eigenvalue weighted by Crippen LogP contribution is 2.29. The zero-order valence-electron chi connectivity index (χ0n) is 19.6. The van der Waals surface area contributed by atoms with Gasteiger partial charge in [-0.2, -0.15) is 0 Å². The molecule has 0 bridgehead atoms. The molecule has 0 spiro atoms. The van der Waals surface area contributed by atoms with Crippen LogP contribution in [0.3, 0.4) is 0 Å². The van der Waals surface area contributed by atoms with E-state index in [0.29, 0.717) is 56.4 Å². The van der Waals surface area contributed by atoms with Gasteiger partial charge in [-0.25, -0.2) is 4.98 Å². The molecule has 2 saturated heterocycles. The summed E-state index contributed by atoms with van der Waals surface area (Å²) in [5, 5.41) is 0. The van der Waals surface area contributed by atoms with Crippen molar-refractivity contribution in [1.29, 1.82) is 0 Å². The number of ether oxygens (including phenoxy) is 2. The lowest BCUT2D eigenvalue weighted by Crippen LogP contribution is -2.49. The summed E-state index contributed by atoms with van der Waals surface area (Å²) in [5.41, 5.74) is 3.16. The summed E-state index contributed by atoms with van der Waals surface area (Å²) in [6.07, 6.45) is 1.80. The molecule has 178 valence electrons. The first-order valence-corrected chi connectivity index (χ1v) is 11.6. The van der Waals surface area contributed by atoms with Crippen molar-refractivity contribution in [2.45, 2.75) is 13.5 Å². The number of nitrogens with zero attached hydrogens (tertiary/aromatic N) is 5. The second-order valence-corrected chi connectivity index (χ2v) is 8.77. The quantitative estimate of drug-likeness (QED) is 0.570. The van der Waals surface area contributed by atoms with Gasteiger partial charge in [-0.3, -0.25) is 18.9 Å². The van der Waals surface area contributed by atoms with Crippen molar-refractivity contribution in [3.8, 4) is 5.75 Å². The molecule has 0 atom stereocenters. The third-order valence-electron chi connectivity index (χ3n) is 6.32. The smallest absolute Gasteiger partial charge is 0.300 e. The number of pyridine rings is 1. The average molecular weight is 464 g/mol. The number of fused-ring (bicyclic) bond motifs is 1. The topological polar surface area (TPSA) is 79.6 Å². The van der Waals surface area contributed by atoms with Gasteiger partial charge in [0.1, 0.15) is 6.61 Å². The molecule has 2 aliphatic heterocycles. The Hall–Kier alpha value is -3.43. The van der Waals surface area contributed by atoms with Crippen LogP contribution in [0.2, 0.25) is 0 Å². The Bertz CT molecular complexity index is 1250. The molecule has 2 fully saturated rings. The van der Waals surface area contributed by atoms with Crippen LogP contribution in [0.1, 0.15) is 11.3 Å². The van der Waals surface area contributed by atoms with Gasteiger partial charge >= 0.3 is 5.56 Å². The van der Waals surface area contributed by atoms with Crippen LogP contribution in [0.15, 0.2) is 47.4 Å². The van der Waals surface area contributed by atoms with Gasteiger partial charge in [0.05, 0.1) is 36.8 Å². The molecular formula is C25H29N5O4. The monoisotopic (exact) mass is 463 g/mol. The first kappa shape index (κ1) is 22.4. The second kappa shape index (κ2) is 9.44. The highest BCUT2D eigenvalue weighted by atomic mass is 16.5. The summed E-state index contributed by atoms with van der Waals surface area (Å²) in [6, 6.07) is 11.7. The van der Waals surface area contributed by atoms with E-state index in [4.69, 9.17) is 14.5 Å². The molecule has 0 aliphatic carbocycles. The minimum absolute atomic E-state index is 0.00826. The summed E-state index contributed by atoms with van der Waals surface area (Å²) in [4.78, 5) is 37.2. The van der Waals surface area contributed by atoms with E-state index in [9.17, 15) is 9.59 Å². The van der Waals surface area contributed by atoms with Crippen molar-refractivity contribution in [1.82, 2.24) is 14.3 Å². The lowest BCUT2D eigenvalue weighted by atomic mass is 10.2. The number of benzene rings is 1. The Labute approximate surface area is 198 Å². The Morgan fingerprint density at radius 1 is 1.06 bits per heavy atom. The molecule has 4 heterocycles. The Kier molecular flexibility index (Phi) is 6.21. The number of hydrogen-bond donors (Lipinski definition) is 0. The van der Waals surface area contributed by atoms with Crippen molar-refractivity contribution < 1.29 is 14.3 Å². The van der Waals surface area contributed by atoms with Gasteiger partial charge in [-0.05, 0) is 25.6 Å². The van der Waals surface area contributed by atoms with Gasteiger partial charge in [0, 0.05) is 32.4 Å². The zero-order valence-corrected chi connectivity index (χ0v) is 19.6. The molecule has 5 rings (SSSR count). The number of rotatable bonds is 5. The van der Waals surface area contributed by atoms with Crippen LogP contribution < -0.4 is 20.1 Å². The third kappa shape index (κ3) is 4.36. The predicted octanol–water partition coefficient (Wildman–Crippen LogP) is 1.70. The number of aryl methyl sites for hydroxylation is 1. The maximum absolute atomic E-state index is 13.6. The fourth-order valence-corrected chi connectivity index (χ4v) is 4.43. The molecule has 2 aromatic heterocycles. The standard InChI is InChI=1S/C25H29N5O4/c1-18-23(34-17-19-6-4-3-5-7-19)25(32)30-15-20(28-10-12-33-13-11-28)14-21(24(30)26-18)29-9-8-27(2)16-22(29)31/h3-7,14-15H,8-13,16-17H2,1-2H3. The number of morpholine rings is 1. The number of carbonyl (C=O) groups excluding carboxylic acids is 1. The molecule has 0 unspecified atom stereocenters. The average Bonchev–Trinajstić information content (AvgIpc) is 2.85. The second-order valence-electron chi connectivity index (χ2n) is 8.77. The molecule has 9 nitrogen and oxygen atoms in total. The number of likely N-dealkylation sites (N-methyl/N-ethyl adjacent to an activating group) is 1. The first-order chi connectivity index (χ1) is 16.5. The van der Waals surface area contributed by atoms with Crippen molar-refractivity contribution in [3.63, 3.8) is 0 Å². The Balaban J connectivity index is 1.61. The van der Waals surface area contributed by atoms with Crippen LogP contribution in [0.5, 0.6) is 5.75 Å². The Morgan fingerprint density at radius 2 is 1.82 bits per heavy atom. The predicted molar refractivity (Wildman–Crippen MR) is 130 cm³/mol. The third-order valence-corrected chi connectivity index (χ3v) is 6.32. The highest BCUT2D eigenvalue weighted by Gasteiger charge is 2.27. The van der Waals surface area contributed by atoms with Gasteiger partial charge in [-0.1, -0.05) is 30.3 Å². The lowest BCUT2D eigenvalue weighted by Gasteiger charge is -2.34. The van der Waals surface area contributed by atoms with Crippen LogP contribution >= 0.6 is 0 Å². The number of carbonyl (C=O) groups is 1. The van der Waals surface area contributed by atoms with Crippen LogP contribution in [0.4, 0.5) is 11.4 Å². The minimum Gasteiger partial charge on any atom is -0.482 e. The van der Waals surface area contributed by atoms with Gasteiger partial charge in [0.2, 0.25) is 11.7 Å². The van der Waals surface area contributed by atoms with Crippen LogP contribution in [-0.2, 0) is 16.1 Å². The fourth-order valence-electron chi connectivity index (χ4n) is 4.43. The van der Waals surface area contributed by atoms with Crippen LogP contribution in [0, 0.1) is 6.92 Å². The van der Waals surface area contributed by atoms with E-state index in [2.05, 4.69) is 4.90 Å². The van der Waals surface area contributed by atoms with E-state index in [-0.39, 0.29) is 23.8 Å². The van der Waals surface area contributed by atoms with E-state index in [1.807, 2.05) is 48.3 Å². The molecule has 3 aromatic rings. The maximum Gasteiger partial charge on any atom is 0.300 e. The van der Waals surface area contributed by atoms with E-state index < -0.39 is 0 Å². The van der Waals surface area contributed by atoms with Crippen molar-refractivity contribution in [2.75, 3.05) is 62.8 Å². The summed E-state index contributed by atoms with van der Waals surface area (Å²) in [7, 11) is 1.93. The van der Waals surface area contributed by atoms with Crippen LogP contribution in [-0.4, -0.2) is 73.2 Å². The molecule has 0 radical (unpaired) electrons. The van der Waals surface area contributed by atoms with Crippen molar-refractivity contribution in [2.24, 2.45) is 0 Å². The molecule has 1 amide bonds. The minimum atomic E-state index is -0.281. The summed E-state index contributed by atoms with van der Waals surface area (Å²) >= 11 is 0. The van der Waals surface area contributed by atoms with E-state index in [1.54, 1.807) is 18.0 Å². The molecule has 1 aromatic carbocycles. The number of piperazine rings is 1. The number of amides is 1. The van der Waals surface area contributed by atoms with Crippen molar-refractivity contribution in [3.05, 3.63) is 64.2 Å². The summed E-state index contributed by atoms with van der Waals surface area (Å²) in [5.74, 6) is 0.210. The zero-order chi connectivity index (χ0) is 23.7. The highest BCUT2D eigenvalue weighted by molar-refractivity contribution is 5.99. The molecular weight excluding hydrogens is 434 g/mol. The van der Waals surface area contributed by atoms with Gasteiger partial charge in [0.15, 0.2) is 5.65 Å². The number of aromatic nitrogens is 2. The first-order valence-electron chi connectivity index (χ1n) is 11.6. The molecule has 2 aliphatic rings. The maximum atomic E-state index is 13.6. The van der Waals surface area contributed by atoms with Crippen LogP contribution in [0.25, 0.3) is 5.65 Å². The number of anilines is 2. The summed E-state index contributed by atoms with van der Waals surface area (Å²) in [6.45, 7) is 6.33. The summed E-state index contributed by atoms with van der Waals surface area (Å²) < 4.78 is 13.0. The molecule has 9 heteroatoms. The van der Waals surface area contributed by atoms with E-state index in [1.165, 1.54) is 4.40 Å². The largest absolute Gasteiger partial charge is 0.482 e. The van der Waals surface area contributed by atoms with Gasteiger partial charge in [-0.15, -0.1) is 0 Å².